The van der Waals surface area contributed by atoms with Crippen molar-refractivity contribution < 1.29 is 9.53 Å². The predicted molar refractivity (Wildman–Crippen MR) is 84.3 cm³/mol. The van der Waals surface area contributed by atoms with E-state index >= 15 is 0 Å². The topological polar surface area (TPSA) is 38.3 Å². The van der Waals surface area contributed by atoms with Crippen molar-refractivity contribution in [3.63, 3.8) is 0 Å². The molecule has 3 rings (SSSR count). The molecule has 5 heteroatoms. The van der Waals surface area contributed by atoms with Gasteiger partial charge in [-0.25, -0.2) is 0 Å². The summed E-state index contributed by atoms with van der Waals surface area (Å²) in [6.45, 7) is 0.511. The van der Waals surface area contributed by atoms with Gasteiger partial charge in [0.1, 0.15) is 12.4 Å². The third-order valence-electron chi connectivity index (χ3n) is 2.94. The number of carbonyl (C=O) groups is 1. The number of ether oxygens (including phenoxy) is 1. The summed E-state index contributed by atoms with van der Waals surface area (Å²) < 4.78 is 6.85. The summed E-state index contributed by atoms with van der Waals surface area (Å²) in [6.07, 6.45) is 0. The van der Waals surface area contributed by atoms with Crippen LogP contribution < -0.4 is 10.1 Å². The van der Waals surface area contributed by atoms with E-state index in [9.17, 15) is 4.79 Å². The Balaban J connectivity index is 1.73. The van der Waals surface area contributed by atoms with E-state index in [-0.39, 0.29) is 5.91 Å². The van der Waals surface area contributed by atoms with E-state index in [4.69, 9.17) is 4.74 Å². The van der Waals surface area contributed by atoms with E-state index in [0.29, 0.717) is 12.4 Å². The Morgan fingerprint density at radius 3 is 2.95 bits per heavy atom. The second kappa shape index (κ2) is 5.89. The molecule has 1 aliphatic rings. The van der Waals surface area contributed by atoms with E-state index in [2.05, 4.69) is 21.2 Å². The molecule has 0 fully saturated rings. The third-order valence-corrected chi connectivity index (χ3v) is 4.77. The van der Waals surface area contributed by atoms with Gasteiger partial charge in [-0.2, -0.15) is 0 Å². The number of fused-ring (bicyclic) bond motifs is 1. The highest BCUT2D eigenvalue weighted by Crippen LogP contribution is 2.34. The van der Waals surface area contributed by atoms with Gasteiger partial charge >= 0.3 is 0 Å². The molecule has 0 radical (unpaired) electrons. The molecule has 0 saturated carbocycles. The Kier molecular flexibility index (Phi) is 3.98. The van der Waals surface area contributed by atoms with Crippen LogP contribution in [-0.2, 0) is 11.4 Å². The number of rotatable bonds is 3. The van der Waals surface area contributed by atoms with E-state index < -0.39 is 0 Å². The molecule has 102 valence electrons. The zero-order chi connectivity index (χ0) is 13.9. The summed E-state index contributed by atoms with van der Waals surface area (Å²) in [4.78, 5) is 12.3. The molecule has 0 aromatic heterocycles. The molecule has 3 nitrogen and oxygen atoms in total. The van der Waals surface area contributed by atoms with Gasteiger partial charge in [-0.3, -0.25) is 4.79 Å². The fraction of sp³-hybridized carbons (Fsp3) is 0.133. The number of thioether (sulfide) groups is 1. The summed E-state index contributed by atoms with van der Waals surface area (Å²) >= 11 is 5.04. The van der Waals surface area contributed by atoms with Gasteiger partial charge in [0.05, 0.1) is 11.4 Å². The lowest BCUT2D eigenvalue weighted by Crippen LogP contribution is -2.18. The van der Waals surface area contributed by atoms with Crippen molar-refractivity contribution in [2.24, 2.45) is 0 Å². The number of amides is 1. The first-order chi connectivity index (χ1) is 9.72. The molecule has 0 aliphatic carbocycles. The van der Waals surface area contributed by atoms with Crippen molar-refractivity contribution in [2.75, 3.05) is 11.1 Å². The van der Waals surface area contributed by atoms with Gasteiger partial charge in [-0.1, -0.05) is 34.1 Å². The highest BCUT2D eigenvalue weighted by Gasteiger charge is 2.15. The lowest BCUT2D eigenvalue weighted by molar-refractivity contribution is -0.113. The van der Waals surface area contributed by atoms with Gasteiger partial charge in [0.2, 0.25) is 5.91 Å². The van der Waals surface area contributed by atoms with Crippen LogP contribution in [-0.4, -0.2) is 11.7 Å². The van der Waals surface area contributed by atoms with E-state index in [0.717, 1.165) is 26.4 Å². The van der Waals surface area contributed by atoms with E-state index in [1.54, 1.807) is 0 Å². The van der Waals surface area contributed by atoms with E-state index in [1.165, 1.54) is 11.8 Å². The van der Waals surface area contributed by atoms with Crippen LogP contribution in [0.1, 0.15) is 5.56 Å². The molecule has 0 atom stereocenters. The van der Waals surface area contributed by atoms with Crippen LogP contribution in [0.4, 0.5) is 5.69 Å². The number of hydrogen-bond acceptors (Lipinski definition) is 3. The first-order valence-electron chi connectivity index (χ1n) is 6.15. The summed E-state index contributed by atoms with van der Waals surface area (Å²) in [5, 5.41) is 2.85. The van der Waals surface area contributed by atoms with Crippen LogP contribution in [0, 0.1) is 0 Å². The van der Waals surface area contributed by atoms with Gasteiger partial charge in [0.25, 0.3) is 0 Å². The SMILES string of the molecule is O=C1CSc2cc(OCc3ccccc3Br)ccc2N1. The van der Waals surface area contributed by atoms with Crippen molar-refractivity contribution in [3.05, 3.63) is 52.5 Å². The normalized spacial score (nSPS) is 13.6. The molecule has 1 amide bonds. The number of hydrogen-bond donors (Lipinski definition) is 1. The molecule has 0 spiro atoms. The quantitative estimate of drug-likeness (QED) is 0.907. The summed E-state index contributed by atoms with van der Waals surface area (Å²) in [7, 11) is 0. The van der Waals surface area contributed by atoms with Crippen LogP contribution in [0.25, 0.3) is 0 Å². The van der Waals surface area contributed by atoms with Gasteiger partial charge < -0.3 is 10.1 Å². The largest absolute Gasteiger partial charge is 0.489 e. The molecule has 2 aromatic carbocycles. The van der Waals surface area contributed by atoms with Gasteiger partial charge in [0.15, 0.2) is 0 Å². The second-order valence-corrected chi connectivity index (χ2v) is 6.25. The maximum absolute atomic E-state index is 11.3. The minimum absolute atomic E-state index is 0.0457. The molecular weight excluding hydrogens is 338 g/mol. The average Bonchev–Trinajstić information content (AvgIpc) is 2.46. The maximum Gasteiger partial charge on any atom is 0.234 e. The molecule has 0 unspecified atom stereocenters. The number of benzene rings is 2. The molecule has 0 saturated heterocycles. The van der Waals surface area contributed by atoms with Crippen LogP contribution >= 0.6 is 27.7 Å². The van der Waals surface area contributed by atoms with E-state index in [1.807, 2.05) is 42.5 Å². The number of halogens is 1. The fourth-order valence-electron chi connectivity index (χ4n) is 1.92. The minimum atomic E-state index is 0.0457. The molecule has 1 aliphatic heterocycles. The lowest BCUT2D eigenvalue weighted by Gasteiger charge is -2.17. The van der Waals surface area contributed by atoms with Crippen LogP contribution in [0.5, 0.6) is 5.75 Å². The average molecular weight is 350 g/mol. The predicted octanol–water partition coefficient (Wildman–Crippen LogP) is 4.07. The number of anilines is 1. The van der Waals surface area contributed by atoms with Gasteiger partial charge in [-0.15, -0.1) is 11.8 Å². The fourth-order valence-corrected chi connectivity index (χ4v) is 3.15. The Morgan fingerprint density at radius 1 is 1.25 bits per heavy atom. The van der Waals surface area contributed by atoms with Crippen molar-refractivity contribution >= 4 is 39.3 Å². The minimum Gasteiger partial charge on any atom is -0.489 e. The zero-order valence-corrected chi connectivity index (χ0v) is 13.0. The summed E-state index contributed by atoms with van der Waals surface area (Å²) in [6, 6.07) is 13.7. The Bertz CT molecular complexity index is 660. The molecule has 2 aromatic rings. The highest BCUT2D eigenvalue weighted by molar-refractivity contribution is 9.10. The molecule has 1 heterocycles. The first kappa shape index (κ1) is 13.5. The standard InChI is InChI=1S/C15H12BrNO2S/c16-12-4-2-1-3-10(12)8-19-11-5-6-13-14(7-11)20-9-15(18)17-13/h1-7H,8-9H2,(H,17,18). The summed E-state index contributed by atoms with van der Waals surface area (Å²) in [5.74, 6) is 1.31. The van der Waals surface area contributed by atoms with Crippen LogP contribution in [0.15, 0.2) is 51.8 Å². The molecule has 1 N–H and O–H groups in total. The first-order valence-corrected chi connectivity index (χ1v) is 7.93. The van der Waals surface area contributed by atoms with Crippen molar-refractivity contribution in [3.8, 4) is 5.75 Å². The molecule has 0 bridgehead atoms. The molecular formula is C15H12BrNO2S. The number of nitrogens with one attached hydrogen (secondary N) is 1. The maximum atomic E-state index is 11.3. The Labute approximate surface area is 129 Å². The van der Waals surface area contributed by atoms with Crippen molar-refractivity contribution in [2.45, 2.75) is 11.5 Å². The van der Waals surface area contributed by atoms with Crippen LogP contribution in [0.3, 0.4) is 0 Å². The second-order valence-electron chi connectivity index (χ2n) is 4.37. The Hall–Kier alpha value is -1.46. The smallest absolute Gasteiger partial charge is 0.234 e. The highest BCUT2D eigenvalue weighted by atomic mass is 79.9. The number of carbonyl (C=O) groups excluding carboxylic acids is 1. The lowest BCUT2D eigenvalue weighted by atomic mass is 10.2. The van der Waals surface area contributed by atoms with Crippen molar-refractivity contribution in [1.29, 1.82) is 0 Å². The summed E-state index contributed by atoms with van der Waals surface area (Å²) in [5.41, 5.74) is 1.96. The molecule has 20 heavy (non-hydrogen) atoms. The van der Waals surface area contributed by atoms with Gasteiger partial charge in [-0.05, 0) is 24.3 Å². The zero-order valence-electron chi connectivity index (χ0n) is 10.6. The Morgan fingerprint density at radius 2 is 2.10 bits per heavy atom. The van der Waals surface area contributed by atoms with Crippen LogP contribution in [0.2, 0.25) is 0 Å². The van der Waals surface area contributed by atoms with Gasteiger partial charge in [0, 0.05) is 14.9 Å². The van der Waals surface area contributed by atoms with Crippen molar-refractivity contribution in [1.82, 2.24) is 0 Å². The monoisotopic (exact) mass is 349 g/mol. The third kappa shape index (κ3) is 2.99.